The Bertz CT molecular complexity index is 1470. The molecule has 0 bridgehead atoms. The van der Waals surface area contributed by atoms with Crippen molar-refractivity contribution >= 4 is 12.0 Å². The fourth-order valence-electron chi connectivity index (χ4n) is 3.69. The molecular weight excluding hydrogens is 452 g/mol. The van der Waals surface area contributed by atoms with Crippen LogP contribution in [0, 0.1) is 0 Å². The summed E-state index contributed by atoms with van der Waals surface area (Å²) in [5.74, 6) is 0.560. The molecule has 0 fully saturated rings. The molecule has 0 unspecified atom stereocenters. The molecule has 0 saturated heterocycles. The molecule has 8 heteroatoms. The van der Waals surface area contributed by atoms with Crippen LogP contribution in [0.1, 0.15) is 11.3 Å². The molecule has 1 amide bonds. The summed E-state index contributed by atoms with van der Waals surface area (Å²) < 4.78 is 8.75. The maximum Gasteiger partial charge on any atom is 0.244 e. The van der Waals surface area contributed by atoms with Crippen molar-refractivity contribution in [2.24, 2.45) is 0 Å². The predicted octanol–water partition coefficient (Wildman–Crippen LogP) is 4.46. The first-order valence-electron chi connectivity index (χ1n) is 11.4. The number of methoxy groups -OCH3 is 1. The average Bonchev–Trinajstić information content (AvgIpc) is 3.59. The molecule has 0 atom stereocenters. The third kappa shape index (κ3) is 5.23. The summed E-state index contributed by atoms with van der Waals surface area (Å²) in [5, 5.41) is 12.2. The van der Waals surface area contributed by atoms with Crippen molar-refractivity contribution in [1.29, 1.82) is 0 Å². The zero-order chi connectivity index (χ0) is 24.7. The fourth-order valence-corrected chi connectivity index (χ4v) is 3.69. The highest BCUT2D eigenvalue weighted by atomic mass is 16.5. The van der Waals surface area contributed by atoms with Gasteiger partial charge in [0, 0.05) is 42.0 Å². The van der Waals surface area contributed by atoms with Gasteiger partial charge in [-0.05, 0) is 60.7 Å². The number of pyridine rings is 1. The Labute approximate surface area is 208 Å². The van der Waals surface area contributed by atoms with E-state index in [-0.39, 0.29) is 5.91 Å². The Balaban J connectivity index is 1.28. The van der Waals surface area contributed by atoms with Gasteiger partial charge in [-0.3, -0.25) is 9.78 Å². The van der Waals surface area contributed by atoms with E-state index in [0.717, 1.165) is 39.6 Å². The van der Waals surface area contributed by atoms with Crippen LogP contribution in [0.15, 0.2) is 104 Å². The Kier molecular flexibility index (Phi) is 6.66. The van der Waals surface area contributed by atoms with Gasteiger partial charge in [0.2, 0.25) is 5.91 Å². The first-order chi connectivity index (χ1) is 17.7. The van der Waals surface area contributed by atoms with Crippen molar-refractivity contribution < 1.29 is 9.53 Å². The van der Waals surface area contributed by atoms with Crippen LogP contribution in [0.2, 0.25) is 0 Å². The number of rotatable bonds is 8. The molecule has 1 N–H and O–H groups in total. The molecule has 178 valence electrons. The average molecular weight is 477 g/mol. The molecule has 3 heterocycles. The van der Waals surface area contributed by atoms with Crippen LogP contribution in [-0.4, -0.2) is 37.6 Å². The van der Waals surface area contributed by atoms with Gasteiger partial charge in [0.25, 0.3) is 0 Å². The van der Waals surface area contributed by atoms with Crippen LogP contribution in [0.4, 0.5) is 0 Å². The number of para-hydroxylation sites is 1. The van der Waals surface area contributed by atoms with Gasteiger partial charge >= 0.3 is 0 Å². The molecular formula is C28H24N6O2. The number of benzene rings is 2. The van der Waals surface area contributed by atoms with Crippen LogP contribution in [0.25, 0.3) is 28.7 Å². The van der Waals surface area contributed by atoms with Crippen molar-refractivity contribution in [2.75, 3.05) is 7.11 Å². The zero-order valence-electron chi connectivity index (χ0n) is 19.7. The minimum atomic E-state index is -0.224. The third-order valence-corrected chi connectivity index (χ3v) is 5.54. The van der Waals surface area contributed by atoms with Gasteiger partial charge in [0.15, 0.2) is 0 Å². The van der Waals surface area contributed by atoms with E-state index in [2.05, 4.69) is 15.4 Å². The van der Waals surface area contributed by atoms with Crippen LogP contribution < -0.4 is 10.1 Å². The first kappa shape index (κ1) is 22.8. The zero-order valence-corrected chi connectivity index (χ0v) is 19.7. The van der Waals surface area contributed by atoms with E-state index in [1.54, 1.807) is 34.9 Å². The number of hydrogen-bond acceptors (Lipinski definition) is 5. The Morgan fingerprint density at radius 3 is 2.50 bits per heavy atom. The number of amides is 1. The maximum atomic E-state index is 12.6. The molecule has 0 aliphatic rings. The normalized spacial score (nSPS) is 11.0. The molecule has 0 aliphatic carbocycles. The number of carbonyl (C=O) groups is 1. The van der Waals surface area contributed by atoms with E-state index in [0.29, 0.717) is 6.54 Å². The number of nitrogens with zero attached hydrogens (tertiary/aromatic N) is 5. The van der Waals surface area contributed by atoms with Gasteiger partial charge in [-0.2, -0.15) is 10.2 Å². The highest BCUT2D eigenvalue weighted by Crippen LogP contribution is 2.24. The summed E-state index contributed by atoms with van der Waals surface area (Å²) in [5.41, 5.74) is 5.02. The maximum absolute atomic E-state index is 12.6. The molecule has 8 nitrogen and oxygen atoms in total. The molecule has 0 spiro atoms. The van der Waals surface area contributed by atoms with Crippen LogP contribution in [-0.2, 0) is 11.3 Å². The minimum absolute atomic E-state index is 0.224. The Hall–Kier alpha value is -4.98. The molecule has 5 rings (SSSR count). The third-order valence-electron chi connectivity index (χ3n) is 5.54. The number of aromatic nitrogens is 5. The quantitative estimate of drug-likeness (QED) is 0.334. The second-order valence-electron chi connectivity index (χ2n) is 7.96. The van der Waals surface area contributed by atoms with Gasteiger partial charge in [-0.25, -0.2) is 9.36 Å². The molecule has 0 saturated carbocycles. The van der Waals surface area contributed by atoms with Crippen molar-refractivity contribution in [2.45, 2.75) is 6.54 Å². The van der Waals surface area contributed by atoms with Crippen molar-refractivity contribution in [3.63, 3.8) is 0 Å². The number of nitrogens with one attached hydrogen (secondary N) is 1. The monoisotopic (exact) mass is 476 g/mol. The fraction of sp³-hybridized carbons (Fsp3) is 0.0714. The number of hydrogen-bond donors (Lipinski definition) is 1. The Morgan fingerprint density at radius 2 is 1.75 bits per heavy atom. The Morgan fingerprint density at radius 1 is 0.944 bits per heavy atom. The standard InChI is InChI=1S/C28H24N6O2/c1-36-26-12-10-25(11-13-26)33-17-15-23(31-33)19-30-27(35)14-9-22-20-34(24-7-3-2-4-8-24)32-28(22)21-6-5-16-29-18-21/h2-18,20H,19H2,1H3,(H,30,35)/b14-9+. The van der Waals surface area contributed by atoms with Gasteiger partial charge in [-0.15, -0.1) is 0 Å². The van der Waals surface area contributed by atoms with Crippen LogP contribution >= 0.6 is 0 Å². The lowest BCUT2D eigenvalue weighted by Crippen LogP contribution is -2.20. The lowest BCUT2D eigenvalue weighted by molar-refractivity contribution is -0.116. The second-order valence-corrected chi connectivity index (χ2v) is 7.96. The largest absolute Gasteiger partial charge is 0.497 e. The number of carbonyl (C=O) groups excluding carboxylic acids is 1. The van der Waals surface area contributed by atoms with Crippen LogP contribution in [0.3, 0.4) is 0 Å². The van der Waals surface area contributed by atoms with Gasteiger partial charge < -0.3 is 10.1 Å². The second kappa shape index (κ2) is 10.5. The van der Waals surface area contributed by atoms with E-state index < -0.39 is 0 Å². The van der Waals surface area contributed by atoms with Gasteiger partial charge in [0.1, 0.15) is 11.4 Å². The highest BCUT2D eigenvalue weighted by Gasteiger charge is 2.11. The molecule has 2 aromatic carbocycles. The lowest BCUT2D eigenvalue weighted by atomic mass is 10.1. The summed E-state index contributed by atoms with van der Waals surface area (Å²) in [6.45, 7) is 0.311. The van der Waals surface area contributed by atoms with Gasteiger partial charge in [-0.1, -0.05) is 18.2 Å². The van der Waals surface area contributed by atoms with Crippen molar-refractivity contribution in [3.8, 4) is 28.4 Å². The van der Waals surface area contributed by atoms with Gasteiger partial charge in [0.05, 0.1) is 30.7 Å². The van der Waals surface area contributed by atoms with Crippen molar-refractivity contribution in [3.05, 3.63) is 115 Å². The van der Waals surface area contributed by atoms with Crippen LogP contribution in [0.5, 0.6) is 5.75 Å². The van der Waals surface area contributed by atoms with E-state index in [1.807, 2.05) is 85.2 Å². The summed E-state index contributed by atoms with van der Waals surface area (Å²) in [6, 6.07) is 23.1. The molecule has 5 aromatic rings. The van der Waals surface area contributed by atoms with E-state index >= 15 is 0 Å². The van der Waals surface area contributed by atoms with E-state index in [4.69, 9.17) is 9.84 Å². The van der Waals surface area contributed by atoms with Crippen molar-refractivity contribution in [1.82, 2.24) is 29.9 Å². The highest BCUT2D eigenvalue weighted by molar-refractivity contribution is 5.92. The predicted molar refractivity (Wildman–Crippen MR) is 138 cm³/mol. The summed E-state index contributed by atoms with van der Waals surface area (Å²) in [6.07, 6.45) is 10.5. The first-order valence-corrected chi connectivity index (χ1v) is 11.4. The molecule has 0 radical (unpaired) electrons. The van der Waals surface area contributed by atoms with E-state index in [9.17, 15) is 4.79 Å². The smallest absolute Gasteiger partial charge is 0.244 e. The minimum Gasteiger partial charge on any atom is -0.497 e. The topological polar surface area (TPSA) is 86.9 Å². The van der Waals surface area contributed by atoms with E-state index in [1.165, 1.54) is 6.08 Å². The lowest BCUT2D eigenvalue weighted by Gasteiger charge is -2.03. The molecule has 36 heavy (non-hydrogen) atoms. The summed E-state index contributed by atoms with van der Waals surface area (Å²) in [7, 11) is 1.63. The summed E-state index contributed by atoms with van der Waals surface area (Å²) >= 11 is 0. The summed E-state index contributed by atoms with van der Waals surface area (Å²) in [4.78, 5) is 16.8. The molecule has 0 aliphatic heterocycles. The SMILES string of the molecule is COc1ccc(-n2ccc(CNC(=O)/C=C/c3cn(-c4ccccc4)nc3-c3cccnc3)n2)cc1. The number of ether oxygens (including phenoxy) is 1. The molecule has 3 aromatic heterocycles.